The highest BCUT2D eigenvalue weighted by molar-refractivity contribution is 5.03. The summed E-state index contributed by atoms with van der Waals surface area (Å²) in [6.45, 7) is -0.360. The van der Waals surface area contributed by atoms with E-state index in [1.165, 1.54) is 0 Å². The van der Waals surface area contributed by atoms with Crippen LogP contribution in [-0.2, 0) is 4.74 Å². The van der Waals surface area contributed by atoms with Crippen molar-refractivity contribution in [2.24, 2.45) is 0 Å². The first-order valence-corrected chi connectivity index (χ1v) is 4.77. The van der Waals surface area contributed by atoms with Crippen LogP contribution in [0.4, 0.5) is 39.5 Å². The molecule has 0 rings (SSSR count). The molecule has 0 bridgehead atoms. The first kappa shape index (κ1) is 18.3. The molecule has 0 aliphatic rings. The van der Waals surface area contributed by atoms with Crippen molar-refractivity contribution in [1.29, 1.82) is 0 Å². The lowest BCUT2D eigenvalue weighted by atomic mass is 9.95. The molecule has 0 N–H and O–H groups in total. The van der Waals surface area contributed by atoms with E-state index in [-0.39, 0.29) is 21.0 Å². The van der Waals surface area contributed by atoms with Crippen LogP contribution in [0.15, 0.2) is 0 Å². The average molecular weight is 306 g/mol. The Kier molecular flexibility index (Phi) is 4.54. The minimum atomic E-state index is -6.36. The lowest BCUT2D eigenvalue weighted by molar-refractivity contribution is -0.386. The Hall–Kier alpha value is -0.670. The van der Waals surface area contributed by atoms with E-state index in [2.05, 4.69) is 4.74 Å². The molecule has 116 valence electrons. The van der Waals surface area contributed by atoms with Crippen LogP contribution >= 0.6 is 0 Å². The summed E-state index contributed by atoms with van der Waals surface area (Å²) in [5, 5.41) is 0. The predicted molar refractivity (Wildman–Crippen MR) is 46.6 cm³/mol. The highest BCUT2D eigenvalue weighted by Gasteiger charge is 2.79. The SMILES string of the molecule is COC(C)(F)C(F)(F)C(F)(F)C(F)(F)CC(C)(F)F. The summed E-state index contributed by atoms with van der Waals surface area (Å²) >= 11 is 0. The van der Waals surface area contributed by atoms with Crippen molar-refractivity contribution >= 4 is 0 Å². The van der Waals surface area contributed by atoms with Gasteiger partial charge in [-0.25, -0.2) is 13.2 Å². The number of halogens is 9. The maximum absolute atomic E-state index is 13.1. The molecule has 0 amide bonds. The van der Waals surface area contributed by atoms with E-state index in [1.807, 2.05) is 0 Å². The molecule has 1 atom stereocenters. The van der Waals surface area contributed by atoms with E-state index in [1.54, 1.807) is 0 Å². The zero-order valence-electron chi connectivity index (χ0n) is 10.0. The van der Waals surface area contributed by atoms with Gasteiger partial charge in [0.1, 0.15) is 0 Å². The number of methoxy groups -OCH3 is 1. The van der Waals surface area contributed by atoms with E-state index >= 15 is 0 Å². The Bertz CT molecular complexity index is 318. The number of alkyl halides is 9. The number of hydrogen-bond acceptors (Lipinski definition) is 1. The summed E-state index contributed by atoms with van der Waals surface area (Å²) < 4.78 is 119. The van der Waals surface area contributed by atoms with Gasteiger partial charge < -0.3 is 4.74 Å². The molecule has 0 aromatic heterocycles. The zero-order chi connectivity index (χ0) is 15.9. The monoisotopic (exact) mass is 306 g/mol. The highest BCUT2D eigenvalue weighted by Crippen LogP contribution is 2.54. The molecule has 19 heavy (non-hydrogen) atoms. The summed E-state index contributed by atoms with van der Waals surface area (Å²) in [6.07, 6.45) is -2.86. The standard InChI is InChI=1S/C9H11F9O/c1-5(10,11)4-7(13,14)9(17,18)8(15,16)6(2,12)19-3/h4H2,1-3H3. The maximum atomic E-state index is 13.1. The molecular weight excluding hydrogens is 295 g/mol. The Labute approximate surface area is 102 Å². The number of rotatable bonds is 6. The van der Waals surface area contributed by atoms with Crippen LogP contribution in [0.1, 0.15) is 20.3 Å². The largest absolute Gasteiger partial charge is 0.378 e. The van der Waals surface area contributed by atoms with E-state index in [9.17, 15) is 39.5 Å². The van der Waals surface area contributed by atoms with E-state index < -0.39 is 36.0 Å². The minimum Gasteiger partial charge on any atom is -0.345 e. The molecule has 0 saturated carbocycles. The molecule has 0 spiro atoms. The molecule has 0 aromatic rings. The van der Waals surface area contributed by atoms with E-state index in [0.29, 0.717) is 0 Å². The van der Waals surface area contributed by atoms with Gasteiger partial charge in [0.15, 0.2) is 0 Å². The van der Waals surface area contributed by atoms with Gasteiger partial charge in [0, 0.05) is 14.0 Å². The minimum absolute atomic E-state index is 0.153. The molecule has 0 heterocycles. The Morgan fingerprint density at radius 1 is 0.737 bits per heavy atom. The fourth-order valence-electron chi connectivity index (χ4n) is 1.14. The van der Waals surface area contributed by atoms with Crippen molar-refractivity contribution in [2.75, 3.05) is 7.11 Å². The molecule has 0 aliphatic heterocycles. The van der Waals surface area contributed by atoms with Gasteiger partial charge >= 0.3 is 17.8 Å². The fraction of sp³-hybridized carbons (Fsp3) is 1.00. The summed E-state index contributed by atoms with van der Waals surface area (Å²) in [5.41, 5.74) is 0. The molecule has 0 radical (unpaired) electrons. The van der Waals surface area contributed by atoms with Crippen molar-refractivity contribution < 1.29 is 44.3 Å². The molecule has 10 heteroatoms. The van der Waals surface area contributed by atoms with Gasteiger partial charge in [-0.1, -0.05) is 0 Å². The van der Waals surface area contributed by atoms with Crippen molar-refractivity contribution in [2.45, 2.75) is 49.8 Å². The van der Waals surface area contributed by atoms with Crippen LogP contribution in [0, 0.1) is 0 Å². The normalized spacial score (nSPS) is 18.3. The smallest absolute Gasteiger partial charge is 0.345 e. The third kappa shape index (κ3) is 3.26. The van der Waals surface area contributed by atoms with Gasteiger partial charge in [0.05, 0.1) is 6.42 Å². The summed E-state index contributed by atoms with van der Waals surface area (Å²) in [6, 6.07) is 0. The van der Waals surface area contributed by atoms with E-state index in [0.717, 1.165) is 0 Å². The van der Waals surface area contributed by atoms with Crippen LogP contribution in [-0.4, -0.2) is 36.7 Å². The zero-order valence-corrected chi connectivity index (χ0v) is 10.0. The van der Waals surface area contributed by atoms with Crippen LogP contribution in [0.2, 0.25) is 0 Å². The Balaban J connectivity index is 5.59. The number of ether oxygens (including phenoxy) is 1. The second-order valence-corrected chi connectivity index (χ2v) is 4.22. The molecule has 0 fully saturated rings. The molecule has 0 saturated heterocycles. The molecule has 0 aliphatic carbocycles. The quantitative estimate of drug-likeness (QED) is 0.666. The van der Waals surface area contributed by atoms with Gasteiger partial charge in [-0.15, -0.1) is 0 Å². The highest BCUT2D eigenvalue weighted by atomic mass is 19.3. The first-order chi connectivity index (χ1) is 8.02. The molecular formula is C9H11F9O. The second-order valence-electron chi connectivity index (χ2n) is 4.22. The van der Waals surface area contributed by atoms with Crippen molar-refractivity contribution in [1.82, 2.24) is 0 Å². The van der Waals surface area contributed by atoms with Gasteiger partial charge in [-0.05, 0) is 6.92 Å². The predicted octanol–water partition coefficient (Wildman–Crippen LogP) is 4.27. The third-order valence-electron chi connectivity index (χ3n) is 2.33. The molecule has 1 unspecified atom stereocenters. The van der Waals surface area contributed by atoms with Crippen LogP contribution < -0.4 is 0 Å². The average Bonchev–Trinajstić information content (AvgIpc) is 2.12. The van der Waals surface area contributed by atoms with Crippen LogP contribution in [0.25, 0.3) is 0 Å². The van der Waals surface area contributed by atoms with E-state index in [4.69, 9.17) is 0 Å². The van der Waals surface area contributed by atoms with Crippen LogP contribution in [0.3, 0.4) is 0 Å². The van der Waals surface area contributed by atoms with Crippen molar-refractivity contribution in [3.05, 3.63) is 0 Å². The molecule has 0 aromatic carbocycles. The van der Waals surface area contributed by atoms with Gasteiger partial charge in [0.2, 0.25) is 0 Å². The Morgan fingerprint density at radius 3 is 1.37 bits per heavy atom. The van der Waals surface area contributed by atoms with Gasteiger partial charge in [-0.3, -0.25) is 0 Å². The summed E-state index contributed by atoms with van der Waals surface area (Å²) in [7, 11) is 0.247. The Morgan fingerprint density at radius 2 is 1.11 bits per heavy atom. The van der Waals surface area contributed by atoms with Gasteiger partial charge in [0.25, 0.3) is 11.8 Å². The molecule has 1 nitrogen and oxygen atoms in total. The van der Waals surface area contributed by atoms with Crippen molar-refractivity contribution in [3.63, 3.8) is 0 Å². The third-order valence-corrected chi connectivity index (χ3v) is 2.33. The lowest BCUT2D eigenvalue weighted by Gasteiger charge is -2.38. The van der Waals surface area contributed by atoms with Crippen molar-refractivity contribution in [3.8, 4) is 0 Å². The summed E-state index contributed by atoms with van der Waals surface area (Å²) in [5.74, 6) is -27.0. The number of hydrogen-bond donors (Lipinski definition) is 0. The fourth-order valence-corrected chi connectivity index (χ4v) is 1.14. The lowest BCUT2D eigenvalue weighted by Crippen LogP contribution is -2.63. The second kappa shape index (κ2) is 4.71. The topological polar surface area (TPSA) is 9.23 Å². The van der Waals surface area contributed by atoms with Crippen LogP contribution in [0.5, 0.6) is 0 Å². The summed E-state index contributed by atoms with van der Waals surface area (Å²) in [4.78, 5) is 0. The first-order valence-electron chi connectivity index (χ1n) is 4.77. The van der Waals surface area contributed by atoms with Gasteiger partial charge in [-0.2, -0.15) is 26.3 Å². The maximum Gasteiger partial charge on any atom is 0.378 e.